The predicted octanol–water partition coefficient (Wildman–Crippen LogP) is 3.34. The number of nitrogens with one attached hydrogen (secondary N) is 1. The van der Waals surface area contributed by atoms with Crippen molar-refractivity contribution in [1.29, 1.82) is 0 Å². The fraction of sp³-hybridized carbons (Fsp3) is 0.310. The lowest BCUT2D eigenvalue weighted by molar-refractivity contribution is -0.137. The summed E-state index contributed by atoms with van der Waals surface area (Å²) >= 11 is 0. The molecule has 14 heteroatoms. The third-order valence-electron chi connectivity index (χ3n) is 7.62. The lowest BCUT2D eigenvalue weighted by Crippen LogP contribution is -2.28. The normalized spacial score (nSPS) is 17.3. The molecule has 222 valence electrons. The van der Waals surface area contributed by atoms with Crippen LogP contribution >= 0.6 is 0 Å². The van der Waals surface area contributed by atoms with E-state index < -0.39 is 17.6 Å². The molecule has 3 aromatic heterocycles. The van der Waals surface area contributed by atoms with Crippen LogP contribution in [0.25, 0.3) is 33.5 Å². The number of hydrogen-bond acceptors (Lipinski definition) is 8. The third-order valence-corrected chi connectivity index (χ3v) is 7.62. The van der Waals surface area contributed by atoms with Gasteiger partial charge in [0, 0.05) is 54.6 Å². The van der Waals surface area contributed by atoms with Gasteiger partial charge in [-0.15, -0.1) is 0 Å². The molecule has 1 aromatic carbocycles. The monoisotopic (exact) mass is 591 g/mol. The molecule has 11 nitrogen and oxygen atoms in total. The molecular weight excluding hydrogens is 563 g/mol. The molecule has 1 atom stereocenters. The van der Waals surface area contributed by atoms with Gasteiger partial charge in [-0.05, 0) is 43.5 Å². The standard InChI is InChI=1S/C29H28F3N9O2/c30-29(31,32)17-7-10-36-22(13-17)21-12-16(3-6-20(21)27(34)43)25-24-26(33)37-15-38-28(24)41(39-25)19-8-11-40(14-19)23(42)2-1-9-35-18-4-5-18/h1-3,6-7,10,12-13,15,18-19,35H,4-5,8-9,11,14H2,(H2,34,43)(H2,33,37,38). The first-order valence-corrected chi connectivity index (χ1v) is 13.8. The summed E-state index contributed by atoms with van der Waals surface area (Å²) in [7, 11) is 0. The average Bonchev–Trinajstić information content (AvgIpc) is 3.52. The van der Waals surface area contributed by atoms with Crippen LogP contribution in [0.2, 0.25) is 0 Å². The van der Waals surface area contributed by atoms with Crippen LogP contribution < -0.4 is 16.8 Å². The number of halogens is 3. The maximum Gasteiger partial charge on any atom is 0.416 e. The highest BCUT2D eigenvalue weighted by Crippen LogP contribution is 2.37. The first kappa shape index (κ1) is 28.3. The minimum Gasteiger partial charge on any atom is -0.383 e. The van der Waals surface area contributed by atoms with Gasteiger partial charge in [0.1, 0.15) is 17.8 Å². The van der Waals surface area contributed by atoms with E-state index in [9.17, 15) is 22.8 Å². The van der Waals surface area contributed by atoms with E-state index >= 15 is 0 Å². The van der Waals surface area contributed by atoms with Crippen LogP contribution in [-0.2, 0) is 11.0 Å². The maximum atomic E-state index is 13.5. The Morgan fingerprint density at radius 1 is 1.09 bits per heavy atom. The van der Waals surface area contributed by atoms with E-state index in [4.69, 9.17) is 16.6 Å². The minimum atomic E-state index is -4.61. The molecule has 0 spiro atoms. The van der Waals surface area contributed by atoms with E-state index in [2.05, 4.69) is 20.3 Å². The number of primary amides is 1. The molecule has 1 saturated heterocycles. The first-order chi connectivity index (χ1) is 20.6. The number of amides is 2. The summed E-state index contributed by atoms with van der Waals surface area (Å²) in [4.78, 5) is 39.4. The number of anilines is 1. The summed E-state index contributed by atoms with van der Waals surface area (Å²) in [6, 6.07) is 6.56. The molecule has 1 unspecified atom stereocenters. The highest BCUT2D eigenvalue weighted by atomic mass is 19.4. The summed E-state index contributed by atoms with van der Waals surface area (Å²) in [6.07, 6.45) is 4.11. The number of benzene rings is 1. The summed E-state index contributed by atoms with van der Waals surface area (Å²) in [5.41, 5.74) is 12.2. The summed E-state index contributed by atoms with van der Waals surface area (Å²) in [6.45, 7) is 1.57. The molecule has 4 aromatic rings. The van der Waals surface area contributed by atoms with Crippen molar-refractivity contribution in [2.75, 3.05) is 25.4 Å². The van der Waals surface area contributed by atoms with Gasteiger partial charge in [-0.25, -0.2) is 14.6 Å². The largest absolute Gasteiger partial charge is 0.416 e. The van der Waals surface area contributed by atoms with Crippen molar-refractivity contribution in [2.24, 2.45) is 5.73 Å². The third kappa shape index (κ3) is 5.78. The molecule has 1 aliphatic heterocycles. The zero-order chi connectivity index (χ0) is 30.3. The van der Waals surface area contributed by atoms with Gasteiger partial charge in [0.05, 0.1) is 22.7 Å². The van der Waals surface area contributed by atoms with Crippen LogP contribution in [0, 0.1) is 0 Å². The minimum absolute atomic E-state index is 0.00568. The Morgan fingerprint density at radius 3 is 2.65 bits per heavy atom. The molecule has 0 radical (unpaired) electrons. The molecule has 1 saturated carbocycles. The predicted molar refractivity (Wildman–Crippen MR) is 152 cm³/mol. The smallest absolute Gasteiger partial charge is 0.383 e. The van der Waals surface area contributed by atoms with E-state index in [1.54, 1.807) is 21.7 Å². The van der Waals surface area contributed by atoms with Crippen LogP contribution in [0.15, 0.2) is 55.0 Å². The number of carbonyl (C=O) groups excluding carboxylic acids is 2. The van der Waals surface area contributed by atoms with Crippen molar-refractivity contribution < 1.29 is 22.8 Å². The molecule has 5 N–H and O–H groups in total. The maximum absolute atomic E-state index is 13.5. The van der Waals surface area contributed by atoms with Crippen LogP contribution in [0.1, 0.15) is 41.2 Å². The number of nitrogens with two attached hydrogens (primary N) is 2. The number of pyridine rings is 1. The number of nitrogens with zero attached hydrogens (tertiary/aromatic N) is 6. The highest BCUT2D eigenvalue weighted by Gasteiger charge is 2.32. The number of rotatable bonds is 8. The summed E-state index contributed by atoms with van der Waals surface area (Å²) in [5, 5.41) is 8.59. The van der Waals surface area contributed by atoms with Gasteiger partial charge in [-0.1, -0.05) is 12.1 Å². The fourth-order valence-corrected chi connectivity index (χ4v) is 5.25. The quantitative estimate of drug-likeness (QED) is 0.263. The second-order valence-electron chi connectivity index (χ2n) is 10.6. The summed E-state index contributed by atoms with van der Waals surface area (Å²) < 4.78 is 42.1. The number of alkyl halides is 3. The number of aromatic nitrogens is 5. The lowest BCUT2D eigenvalue weighted by Gasteiger charge is -2.15. The summed E-state index contributed by atoms with van der Waals surface area (Å²) in [5.74, 6) is -0.765. The molecule has 4 heterocycles. The molecule has 0 bridgehead atoms. The molecule has 6 rings (SSSR count). The van der Waals surface area contributed by atoms with Crippen LogP contribution in [0.4, 0.5) is 19.0 Å². The number of nitrogen functional groups attached to an aromatic ring is 1. The van der Waals surface area contributed by atoms with Crippen LogP contribution in [0.5, 0.6) is 0 Å². The molecule has 2 amide bonds. The van der Waals surface area contributed by atoms with Gasteiger partial charge >= 0.3 is 6.18 Å². The number of fused-ring (bicyclic) bond motifs is 1. The Hall–Kier alpha value is -4.85. The number of likely N-dealkylation sites (tertiary alicyclic amines) is 1. The van der Waals surface area contributed by atoms with Crippen LogP contribution in [-0.4, -0.2) is 67.1 Å². The Labute approximate surface area is 243 Å². The van der Waals surface area contributed by atoms with Crippen molar-refractivity contribution in [3.05, 3.63) is 66.1 Å². The van der Waals surface area contributed by atoms with Gasteiger partial charge in [-0.3, -0.25) is 14.6 Å². The van der Waals surface area contributed by atoms with E-state index in [1.165, 1.54) is 31.3 Å². The topological polar surface area (TPSA) is 158 Å². The van der Waals surface area contributed by atoms with Crippen molar-refractivity contribution in [3.63, 3.8) is 0 Å². The zero-order valence-corrected chi connectivity index (χ0v) is 22.9. The van der Waals surface area contributed by atoms with Crippen molar-refractivity contribution in [2.45, 2.75) is 37.5 Å². The molecule has 43 heavy (non-hydrogen) atoms. The molecular formula is C29H28F3N9O2. The lowest BCUT2D eigenvalue weighted by atomic mass is 9.97. The van der Waals surface area contributed by atoms with Gasteiger partial charge in [0.15, 0.2) is 5.65 Å². The second kappa shape index (κ2) is 11.1. The molecule has 1 aliphatic carbocycles. The molecule has 2 aliphatic rings. The average molecular weight is 592 g/mol. The van der Waals surface area contributed by atoms with Crippen molar-refractivity contribution >= 4 is 28.7 Å². The highest BCUT2D eigenvalue weighted by molar-refractivity contribution is 6.03. The van der Waals surface area contributed by atoms with Crippen LogP contribution in [0.3, 0.4) is 0 Å². The first-order valence-electron chi connectivity index (χ1n) is 13.8. The number of carbonyl (C=O) groups is 2. The second-order valence-corrected chi connectivity index (χ2v) is 10.6. The van der Waals surface area contributed by atoms with Gasteiger partial charge < -0.3 is 21.7 Å². The number of hydrogen-bond donors (Lipinski definition) is 3. The van der Waals surface area contributed by atoms with Gasteiger partial charge in [-0.2, -0.15) is 18.3 Å². The van der Waals surface area contributed by atoms with Gasteiger partial charge in [0.2, 0.25) is 11.8 Å². The Bertz CT molecular complexity index is 1750. The Kier molecular flexibility index (Phi) is 7.30. The Morgan fingerprint density at radius 2 is 1.91 bits per heavy atom. The van der Waals surface area contributed by atoms with E-state index in [0.717, 1.165) is 18.3 Å². The van der Waals surface area contributed by atoms with Crippen molar-refractivity contribution in [1.82, 2.24) is 34.9 Å². The van der Waals surface area contributed by atoms with E-state index in [-0.39, 0.29) is 34.6 Å². The fourth-order valence-electron chi connectivity index (χ4n) is 5.25. The van der Waals surface area contributed by atoms with Crippen molar-refractivity contribution in [3.8, 4) is 22.5 Å². The molecule has 2 fully saturated rings. The van der Waals surface area contributed by atoms with E-state index in [1.807, 2.05) is 6.08 Å². The SMILES string of the molecule is NC(=O)c1ccc(-c2nn(C3CCN(C(=O)C=CCNC4CC4)C3)c3ncnc(N)c23)cc1-c1cc(C(F)(F)F)ccn1. The Balaban J connectivity index is 1.35. The van der Waals surface area contributed by atoms with E-state index in [0.29, 0.717) is 54.4 Å². The zero-order valence-electron chi connectivity index (χ0n) is 22.9. The van der Waals surface area contributed by atoms with Gasteiger partial charge in [0.25, 0.3) is 0 Å².